The van der Waals surface area contributed by atoms with Crippen molar-refractivity contribution in [3.63, 3.8) is 0 Å². The fourth-order valence-corrected chi connectivity index (χ4v) is 4.94. The third-order valence-electron chi connectivity index (χ3n) is 6.49. The van der Waals surface area contributed by atoms with Crippen molar-refractivity contribution in [2.24, 2.45) is 11.3 Å². The number of hydrogen-bond donors (Lipinski definition) is 2. The van der Waals surface area contributed by atoms with Crippen LogP contribution in [0, 0.1) is 11.3 Å². The van der Waals surface area contributed by atoms with Crippen molar-refractivity contribution in [1.29, 1.82) is 0 Å². The van der Waals surface area contributed by atoms with Gasteiger partial charge in [0.15, 0.2) is 0 Å². The maximum Gasteiger partial charge on any atom is 0.119 e. The van der Waals surface area contributed by atoms with Gasteiger partial charge in [0, 0.05) is 23.1 Å². The first-order valence-electron chi connectivity index (χ1n) is 9.37. The molecular formula is C21H31ClN2O. The number of ether oxygens (including phenoxy) is 1. The molecule has 4 rings (SSSR count). The molecule has 1 aromatic heterocycles. The molecule has 1 aliphatic carbocycles. The van der Waals surface area contributed by atoms with E-state index < -0.39 is 0 Å². The van der Waals surface area contributed by atoms with Gasteiger partial charge < -0.3 is 15.0 Å². The topological polar surface area (TPSA) is 37.0 Å². The summed E-state index contributed by atoms with van der Waals surface area (Å²) in [6, 6.07) is 6.42. The van der Waals surface area contributed by atoms with E-state index in [9.17, 15) is 0 Å². The molecule has 1 fully saturated rings. The standard InChI is InChI=1S/C21H30N2O.ClH/c1-20(2,3)14-7-10-21(11-8-14)19-16(9-12-22-21)17-13-15(24-4)5-6-18(17)23-19;/h5-6,13-14,22-23H,7-12H2,1-4H3;1H. The fourth-order valence-electron chi connectivity index (χ4n) is 4.94. The molecule has 1 saturated carbocycles. The average Bonchev–Trinajstić information content (AvgIpc) is 2.94. The Bertz CT molecular complexity index is 751. The second-order valence-corrected chi connectivity index (χ2v) is 8.79. The number of aromatic nitrogens is 1. The van der Waals surface area contributed by atoms with Gasteiger partial charge in [0.2, 0.25) is 0 Å². The van der Waals surface area contributed by atoms with Crippen molar-refractivity contribution in [1.82, 2.24) is 10.3 Å². The number of methoxy groups -OCH3 is 1. The van der Waals surface area contributed by atoms with Crippen LogP contribution in [0.25, 0.3) is 10.9 Å². The van der Waals surface area contributed by atoms with E-state index in [4.69, 9.17) is 4.74 Å². The lowest BCUT2D eigenvalue weighted by Gasteiger charge is -2.46. The molecule has 1 aliphatic heterocycles. The summed E-state index contributed by atoms with van der Waals surface area (Å²) in [5.74, 6) is 1.79. The van der Waals surface area contributed by atoms with E-state index in [0.717, 1.165) is 24.6 Å². The highest BCUT2D eigenvalue weighted by atomic mass is 35.5. The average molecular weight is 363 g/mol. The molecule has 3 nitrogen and oxygen atoms in total. The summed E-state index contributed by atoms with van der Waals surface area (Å²) in [7, 11) is 1.75. The molecule has 138 valence electrons. The van der Waals surface area contributed by atoms with Crippen molar-refractivity contribution < 1.29 is 4.74 Å². The first kappa shape index (κ1) is 18.6. The van der Waals surface area contributed by atoms with E-state index in [1.165, 1.54) is 47.8 Å². The molecule has 2 aliphatic rings. The number of hydrogen-bond acceptors (Lipinski definition) is 2. The van der Waals surface area contributed by atoms with Gasteiger partial charge >= 0.3 is 0 Å². The monoisotopic (exact) mass is 362 g/mol. The first-order valence-corrected chi connectivity index (χ1v) is 9.37. The fraction of sp³-hybridized carbons (Fsp3) is 0.619. The largest absolute Gasteiger partial charge is 0.497 e. The number of aromatic amines is 1. The van der Waals surface area contributed by atoms with E-state index >= 15 is 0 Å². The van der Waals surface area contributed by atoms with Gasteiger partial charge in [-0.15, -0.1) is 12.4 Å². The van der Waals surface area contributed by atoms with E-state index in [0.29, 0.717) is 5.41 Å². The molecule has 1 aromatic carbocycles. The van der Waals surface area contributed by atoms with Gasteiger partial charge in [-0.05, 0) is 67.2 Å². The number of benzene rings is 1. The SMILES string of the molecule is COc1ccc2[nH]c3c(c2c1)CCNC31CCC(C(C)(C)C)CC1.Cl. The first-order chi connectivity index (χ1) is 11.4. The molecular weight excluding hydrogens is 332 g/mol. The Balaban J connectivity index is 0.00000182. The highest BCUT2D eigenvalue weighted by molar-refractivity contribution is 5.87. The Morgan fingerprint density at radius 1 is 1.16 bits per heavy atom. The van der Waals surface area contributed by atoms with Gasteiger partial charge in [0.05, 0.1) is 12.6 Å². The molecule has 0 radical (unpaired) electrons. The van der Waals surface area contributed by atoms with E-state index in [1.54, 1.807) is 7.11 Å². The summed E-state index contributed by atoms with van der Waals surface area (Å²) in [5, 5.41) is 5.24. The van der Waals surface area contributed by atoms with Gasteiger partial charge in [0.1, 0.15) is 5.75 Å². The second kappa shape index (κ2) is 6.51. The Hall–Kier alpha value is -1.19. The quantitative estimate of drug-likeness (QED) is 0.733. The predicted octanol–water partition coefficient (Wildman–Crippen LogP) is 5.18. The van der Waals surface area contributed by atoms with Crippen molar-refractivity contribution in [3.05, 3.63) is 29.5 Å². The maximum atomic E-state index is 5.44. The Labute approximate surface area is 157 Å². The summed E-state index contributed by atoms with van der Waals surface area (Å²) < 4.78 is 5.44. The zero-order valence-electron chi connectivity index (χ0n) is 15.9. The number of rotatable bonds is 1. The van der Waals surface area contributed by atoms with Gasteiger partial charge in [-0.25, -0.2) is 0 Å². The lowest BCUT2D eigenvalue weighted by atomic mass is 9.65. The summed E-state index contributed by atoms with van der Waals surface area (Å²) in [4.78, 5) is 3.76. The van der Waals surface area contributed by atoms with E-state index in [2.05, 4.69) is 49.3 Å². The number of fused-ring (bicyclic) bond motifs is 4. The van der Waals surface area contributed by atoms with Crippen LogP contribution in [0.3, 0.4) is 0 Å². The molecule has 0 saturated heterocycles. The van der Waals surface area contributed by atoms with Crippen molar-refractivity contribution in [3.8, 4) is 5.75 Å². The smallest absolute Gasteiger partial charge is 0.119 e. The van der Waals surface area contributed by atoms with Crippen LogP contribution in [0.15, 0.2) is 18.2 Å². The van der Waals surface area contributed by atoms with Crippen molar-refractivity contribution >= 4 is 23.3 Å². The van der Waals surface area contributed by atoms with Crippen LogP contribution in [-0.2, 0) is 12.0 Å². The lowest BCUT2D eigenvalue weighted by molar-refractivity contribution is 0.107. The molecule has 25 heavy (non-hydrogen) atoms. The van der Waals surface area contributed by atoms with E-state index in [1.807, 2.05) is 0 Å². The third-order valence-corrected chi connectivity index (χ3v) is 6.49. The van der Waals surface area contributed by atoms with Crippen LogP contribution in [0.2, 0.25) is 0 Å². The molecule has 2 aromatic rings. The van der Waals surface area contributed by atoms with Crippen molar-refractivity contribution in [2.75, 3.05) is 13.7 Å². The normalized spacial score (nSPS) is 26.3. The minimum absolute atomic E-state index is 0. The Morgan fingerprint density at radius 2 is 1.88 bits per heavy atom. The van der Waals surface area contributed by atoms with Crippen LogP contribution in [0.1, 0.15) is 57.7 Å². The zero-order valence-corrected chi connectivity index (χ0v) is 16.7. The van der Waals surface area contributed by atoms with E-state index in [-0.39, 0.29) is 17.9 Å². The van der Waals surface area contributed by atoms with Crippen LogP contribution in [-0.4, -0.2) is 18.6 Å². The molecule has 0 amide bonds. The second-order valence-electron chi connectivity index (χ2n) is 8.79. The Morgan fingerprint density at radius 3 is 2.52 bits per heavy atom. The number of halogens is 1. The molecule has 4 heteroatoms. The van der Waals surface area contributed by atoms with Gasteiger partial charge in [-0.1, -0.05) is 20.8 Å². The summed E-state index contributed by atoms with van der Waals surface area (Å²) in [6.07, 6.45) is 6.22. The third kappa shape index (κ3) is 3.06. The van der Waals surface area contributed by atoms with Gasteiger partial charge in [-0.3, -0.25) is 0 Å². The summed E-state index contributed by atoms with van der Waals surface area (Å²) in [5.41, 5.74) is 4.79. The summed E-state index contributed by atoms with van der Waals surface area (Å²) in [6.45, 7) is 8.26. The molecule has 0 unspecified atom stereocenters. The Kier molecular flexibility index (Phi) is 4.85. The highest BCUT2D eigenvalue weighted by Gasteiger charge is 2.43. The van der Waals surface area contributed by atoms with Crippen LogP contribution >= 0.6 is 12.4 Å². The molecule has 1 spiro atoms. The minimum Gasteiger partial charge on any atom is -0.497 e. The lowest BCUT2D eigenvalue weighted by Crippen LogP contribution is -2.50. The van der Waals surface area contributed by atoms with Crippen LogP contribution < -0.4 is 10.1 Å². The molecule has 0 bridgehead atoms. The molecule has 0 atom stereocenters. The van der Waals surface area contributed by atoms with Crippen molar-refractivity contribution in [2.45, 2.75) is 58.4 Å². The van der Waals surface area contributed by atoms with Crippen LogP contribution in [0.5, 0.6) is 5.75 Å². The number of H-pyrrole nitrogens is 1. The highest BCUT2D eigenvalue weighted by Crippen LogP contribution is 2.48. The van der Waals surface area contributed by atoms with Gasteiger partial charge in [0.25, 0.3) is 0 Å². The number of nitrogens with one attached hydrogen (secondary N) is 2. The zero-order chi connectivity index (χ0) is 16.9. The molecule has 2 heterocycles. The molecule has 2 N–H and O–H groups in total. The predicted molar refractivity (Wildman–Crippen MR) is 107 cm³/mol. The maximum absolute atomic E-state index is 5.44. The summed E-state index contributed by atoms with van der Waals surface area (Å²) >= 11 is 0. The minimum atomic E-state index is 0. The van der Waals surface area contributed by atoms with Crippen LogP contribution in [0.4, 0.5) is 0 Å². The van der Waals surface area contributed by atoms with Gasteiger partial charge in [-0.2, -0.15) is 0 Å².